The first-order valence-corrected chi connectivity index (χ1v) is 7.50. The molecule has 1 N–H and O–H groups in total. The summed E-state index contributed by atoms with van der Waals surface area (Å²) in [5.41, 5.74) is 0.915. The van der Waals surface area contributed by atoms with Gasteiger partial charge in [0.1, 0.15) is 5.75 Å². The number of halogens is 1. The molecule has 1 aliphatic rings. The molecule has 0 radical (unpaired) electrons. The van der Waals surface area contributed by atoms with Crippen LogP contribution in [0.2, 0.25) is 5.02 Å². The molecular formula is C12H16ClNO2S. The van der Waals surface area contributed by atoms with Crippen LogP contribution in [0.1, 0.15) is 12.8 Å². The van der Waals surface area contributed by atoms with Gasteiger partial charge >= 0.3 is 0 Å². The zero-order valence-corrected chi connectivity index (χ0v) is 11.3. The lowest BCUT2D eigenvalue weighted by molar-refractivity contribution is 0.415. The van der Waals surface area contributed by atoms with Crippen LogP contribution in [-0.4, -0.2) is 28.9 Å². The Morgan fingerprint density at radius 1 is 1.41 bits per heavy atom. The van der Waals surface area contributed by atoms with Gasteiger partial charge in [0.15, 0.2) is 0 Å². The molecule has 1 aliphatic heterocycles. The maximum absolute atomic E-state index is 11.3. The van der Waals surface area contributed by atoms with Crippen LogP contribution in [0.4, 0.5) is 5.69 Å². The number of hydrogen-bond donors (Lipinski definition) is 1. The van der Waals surface area contributed by atoms with Crippen molar-refractivity contribution in [2.45, 2.75) is 18.9 Å². The second kappa shape index (κ2) is 5.74. The number of ether oxygens (including phenoxy) is 1. The van der Waals surface area contributed by atoms with Crippen LogP contribution in [0, 0.1) is 0 Å². The van der Waals surface area contributed by atoms with Crippen LogP contribution >= 0.6 is 11.6 Å². The lowest BCUT2D eigenvalue weighted by atomic mass is 10.1. The fraction of sp³-hybridized carbons (Fsp3) is 0.500. The summed E-state index contributed by atoms with van der Waals surface area (Å²) in [4.78, 5) is 0. The summed E-state index contributed by atoms with van der Waals surface area (Å²) in [6.07, 6.45) is 1.87. The maximum atomic E-state index is 11.3. The van der Waals surface area contributed by atoms with Crippen molar-refractivity contribution in [1.82, 2.24) is 0 Å². The fourth-order valence-electron chi connectivity index (χ4n) is 1.95. The Kier molecular flexibility index (Phi) is 4.29. The zero-order chi connectivity index (χ0) is 12.3. The molecule has 94 valence electrons. The van der Waals surface area contributed by atoms with E-state index in [1.54, 1.807) is 7.11 Å². The van der Waals surface area contributed by atoms with Gasteiger partial charge in [0.25, 0.3) is 0 Å². The van der Waals surface area contributed by atoms with E-state index in [2.05, 4.69) is 5.32 Å². The highest BCUT2D eigenvalue weighted by molar-refractivity contribution is 7.85. The molecule has 0 saturated carbocycles. The molecule has 1 aromatic rings. The topological polar surface area (TPSA) is 38.3 Å². The summed E-state index contributed by atoms with van der Waals surface area (Å²) in [6.45, 7) is 0. The normalized spacial score (nSPS) is 24.4. The largest absolute Gasteiger partial charge is 0.495 e. The van der Waals surface area contributed by atoms with Gasteiger partial charge in [-0.15, -0.1) is 0 Å². The van der Waals surface area contributed by atoms with Gasteiger partial charge in [-0.25, -0.2) is 0 Å². The molecule has 0 spiro atoms. The molecule has 17 heavy (non-hydrogen) atoms. The summed E-state index contributed by atoms with van der Waals surface area (Å²) >= 11 is 5.97. The van der Waals surface area contributed by atoms with Crippen molar-refractivity contribution in [3.8, 4) is 5.75 Å². The van der Waals surface area contributed by atoms with E-state index in [0.717, 1.165) is 35.8 Å². The SMILES string of the molecule is COc1ccc(Cl)cc1NC1CCS(=O)CC1. The van der Waals surface area contributed by atoms with Gasteiger partial charge < -0.3 is 10.1 Å². The predicted octanol–water partition coefficient (Wildman–Crippen LogP) is 2.67. The van der Waals surface area contributed by atoms with E-state index < -0.39 is 10.8 Å². The molecule has 0 amide bonds. The molecule has 0 aliphatic carbocycles. The van der Waals surface area contributed by atoms with Crippen molar-refractivity contribution in [3.63, 3.8) is 0 Å². The Labute approximate surface area is 109 Å². The average Bonchev–Trinajstić information content (AvgIpc) is 2.32. The molecule has 0 bridgehead atoms. The number of methoxy groups -OCH3 is 1. The van der Waals surface area contributed by atoms with E-state index in [-0.39, 0.29) is 0 Å². The Morgan fingerprint density at radius 2 is 2.12 bits per heavy atom. The van der Waals surface area contributed by atoms with Crippen molar-refractivity contribution in [2.75, 3.05) is 23.9 Å². The lowest BCUT2D eigenvalue weighted by Gasteiger charge is -2.24. The number of anilines is 1. The highest BCUT2D eigenvalue weighted by Gasteiger charge is 2.18. The fourth-order valence-corrected chi connectivity index (χ4v) is 3.42. The molecular weight excluding hydrogens is 258 g/mol. The third kappa shape index (κ3) is 3.36. The molecule has 1 aromatic carbocycles. The zero-order valence-electron chi connectivity index (χ0n) is 9.74. The molecule has 0 aromatic heterocycles. The Hall–Kier alpha value is -0.740. The number of nitrogens with one attached hydrogen (secondary N) is 1. The van der Waals surface area contributed by atoms with E-state index in [4.69, 9.17) is 16.3 Å². The van der Waals surface area contributed by atoms with Crippen molar-refractivity contribution in [1.29, 1.82) is 0 Å². The summed E-state index contributed by atoms with van der Waals surface area (Å²) in [6, 6.07) is 5.89. The van der Waals surface area contributed by atoms with Crippen molar-refractivity contribution < 1.29 is 8.95 Å². The van der Waals surface area contributed by atoms with Crippen LogP contribution < -0.4 is 10.1 Å². The molecule has 1 fully saturated rings. The van der Waals surface area contributed by atoms with Gasteiger partial charge in [0.05, 0.1) is 12.8 Å². The van der Waals surface area contributed by atoms with Crippen molar-refractivity contribution >= 4 is 28.1 Å². The second-order valence-corrected chi connectivity index (χ2v) is 6.24. The molecule has 5 heteroatoms. The van der Waals surface area contributed by atoms with Crippen LogP contribution in [0.3, 0.4) is 0 Å². The highest BCUT2D eigenvalue weighted by Crippen LogP contribution is 2.29. The Bertz CT molecular complexity index is 415. The van der Waals surface area contributed by atoms with Gasteiger partial charge in [0.2, 0.25) is 0 Å². The maximum Gasteiger partial charge on any atom is 0.142 e. The summed E-state index contributed by atoms with van der Waals surface area (Å²) < 4.78 is 16.6. The minimum atomic E-state index is -0.628. The Balaban J connectivity index is 2.07. The van der Waals surface area contributed by atoms with Gasteiger partial charge in [-0.1, -0.05) is 11.6 Å². The van der Waals surface area contributed by atoms with E-state index in [1.807, 2.05) is 18.2 Å². The first kappa shape index (κ1) is 12.7. The highest BCUT2D eigenvalue weighted by atomic mass is 35.5. The minimum absolute atomic E-state index is 0.361. The minimum Gasteiger partial charge on any atom is -0.495 e. The van der Waals surface area contributed by atoms with E-state index in [9.17, 15) is 4.21 Å². The molecule has 1 heterocycles. The molecule has 0 unspecified atom stereocenters. The van der Waals surface area contributed by atoms with Crippen molar-refractivity contribution in [2.24, 2.45) is 0 Å². The number of rotatable bonds is 3. The van der Waals surface area contributed by atoms with E-state index >= 15 is 0 Å². The predicted molar refractivity (Wildman–Crippen MR) is 72.5 cm³/mol. The molecule has 2 rings (SSSR count). The third-order valence-electron chi connectivity index (χ3n) is 2.91. The first-order valence-electron chi connectivity index (χ1n) is 5.64. The second-order valence-electron chi connectivity index (χ2n) is 4.11. The van der Waals surface area contributed by atoms with Crippen LogP contribution in [0.15, 0.2) is 18.2 Å². The summed E-state index contributed by atoms with van der Waals surface area (Å²) in [5, 5.41) is 4.11. The van der Waals surface area contributed by atoms with Gasteiger partial charge in [-0.3, -0.25) is 4.21 Å². The first-order chi connectivity index (χ1) is 8.19. The standard InChI is InChI=1S/C12H16ClNO2S/c1-16-12-3-2-9(13)8-11(12)14-10-4-6-17(15)7-5-10/h2-3,8,10,14H,4-7H2,1H3. The summed E-state index contributed by atoms with van der Waals surface area (Å²) in [5.74, 6) is 2.35. The van der Waals surface area contributed by atoms with Gasteiger partial charge in [-0.05, 0) is 31.0 Å². The van der Waals surface area contributed by atoms with Crippen LogP contribution in [-0.2, 0) is 10.8 Å². The average molecular weight is 274 g/mol. The number of hydrogen-bond acceptors (Lipinski definition) is 3. The number of benzene rings is 1. The van der Waals surface area contributed by atoms with Crippen molar-refractivity contribution in [3.05, 3.63) is 23.2 Å². The third-order valence-corrected chi connectivity index (χ3v) is 4.53. The van der Waals surface area contributed by atoms with E-state index in [0.29, 0.717) is 11.1 Å². The van der Waals surface area contributed by atoms with Crippen LogP contribution in [0.25, 0.3) is 0 Å². The van der Waals surface area contributed by atoms with E-state index in [1.165, 1.54) is 0 Å². The monoisotopic (exact) mass is 273 g/mol. The lowest BCUT2D eigenvalue weighted by Crippen LogP contribution is -2.29. The van der Waals surface area contributed by atoms with Crippen LogP contribution in [0.5, 0.6) is 5.75 Å². The van der Waals surface area contributed by atoms with Gasteiger partial charge in [0, 0.05) is 33.4 Å². The molecule has 0 atom stereocenters. The quantitative estimate of drug-likeness (QED) is 0.920. The summed E-state index contributed by atoms with van der Waals surface area (Å²) in [7, 11) is 1.02. The molecule has 3 nitrogen and oxygen atoms in total. The smallest absolute Gasteiger partial charge is 0.142 e. The Morgan fingerprint density at radius 3 is 2.76 bits per heavy atom. The molecule has 1 saturated heterocycles. The van der Waals surface area contributed by atoms with Gasteiger partial charge in [-0.2, -0.15) is 0 Å².